The molecule has 21 heavy (non-hydrogen) atoms. The summed E-state index contributed by atoms with van der Waals surface area (Å²) in [5.41, 5.74) is 1.83. The molecule has 2 heterocycles. The van der Waals surface area contributed by atoms with E-state index < -0.39 is 0 Å². The van der Waals surface area contributed by atoms with E-state index >= 15 is 0 Å². The Morgan fingerprint density at radius 2 is 2.29 bits per heavy atom. The first-order chi connectivity index (χ1) is 10.2. The van der Waals surface area contributed by atoms with Crippen LogP contribution in [0.25, 0.3) is 0 Å². The molecule has 0 bridgehead atoms. The Morgan fingerprint density at radius 1 is 1.43 bits per heavy atom. The first-order valence-corrected chi connectivity index (χ1v) is 7.88. The third kappa shape index (κ3) is 2.85. The van der Waals surface area contributed by atoms with Gasteiger partial charge in [-0.15, -0.1) is 0 Å². The number of likely N-dealkylation sites (tertiary alicyclic amines) is 1. The van der Waals surface area contributed by atoms with Crippen LogP contribution in [0.15, 0.2) is 29.0 Å². The van der Waals surface area contributed by atoms with Crippen molar-refractivity contribution in [2.24, 2.45) is 0 Å². The summed E-state index contributed by atoms with van der Waals surface area (Å²) in [6.07, 6.45) is 4.55. The summed E-state index contributed by atoms with van der Waals surface area (Å²) in [6.45, 7) is 2.77. The van der Waals surface area contributed by atoms with E-state index in [2.05, 4.69) is 31.1 Å². The zero-order valence-corrected chi connectivity index (χ0v) is 13.4. The molecule has 1 atom stereocenters. The van der Waals surface area contributed by atoms with Gasteiger partial charge in [0.05, 0.1) is 6.04 Å². The van der Waals surface area contributed by atoms with E-state index in [4.69, 9.17) is 0 Å². The quantitative estimate of drug-likeness (QED) is 0.905. The second kappa shape index (κ2) is 5.97. The number of carbonyl (C=O) groups is 1. The van der Waals surface area contributed by atoms with Crippen molar-refractivity contribution in [3.63, 3.8) is 0 Å². The molecule has 1 amide bonds. The molecule has 1 aliphatic heterocycles. The molecule has 1 saturated heterocycles. The smallest absolute Gasteiger partial charge is 0.254 e. The molecule has 2 aromatic rings. The van der Waals surface area contributed by atoms with Gasteiger partial charge in [0.15, 0.2) is 0 Å². The summed E-state index contributed by atoms with van der Waals surface area (Å²) >= 11 is 3.49. The lowest BCUT2D eigenvalue weighted by Gasteiger charge is -2.34. The fourth-order valence-corrected chi connectivity index (χ4v) is 3.10. The standard InChI is InChI=1S/C15H17BrN4O/c1-10-5-6-11(8-12(10)16)15(21)20-7-3-2-4-13(20)14-17-9-18-19-14/h5-6,8-9,13H,2-4,7H2,1H3,(H,17,18,19)/t13-/m0/s1. The number of nitrogens with one attached hydrogen (secondary N) is 1. The van der Waals surface area contributed by atoms with Gasteiger partial charge in [-0.3, -0.25) is 9.89 Å². The van der Waals surface area contributed by atoms with E-state index in [1.165, 1.54) is 6.33 Å². The normalized spacial score (nSPS) is 18.8. The zero-order chi connectivity index (χ0) is 14.8. The molecule has 5 nitrogen and oxygen atoms in total. The van der Waals surface area contributed by atoms with Crippen LogP contribution in [-0.2, 0) is 0 Å². The minimum atomic E-state index is -0.00571. The summed E-state index contributed by atoms with van der Waals surface area (Å²) in [4.78, 5) is 18.9. The van der Waals surface area contributed by atoms with Crippen LogP contribution in [0, 0.1) is 6.92 Å². The van der Waals surface area contributed by atoms with E-state index in [1.54, 1.807) is 0 Å². The van der Waals surface area contributed by atoms with Gasteiger partial charge in [0.25, 0.3) is 5.91 Å². The number of piperidine rings is 1. The van der Waals surface area contributed by atoms with Crippen LogP contribution in [0.4, 0.5) is 0 Å². The number of benzene rings is 1. The number of aryl methyl sites for hydroxylation is 1. The van der Waals surface area contributed by atoms with E-state index in [9.17, 15) is 4.79 Å². The van der Waals surface area contributed by atoms with Crippen LogP contribution in [-0.4, -0.2) is 32.5 Å². The number of carbonyl (C=O) groups excluding carboxylic acids is 1. The van der Waals surface area contributed by atoms with Crippen LogP contribution in [0.5, 0.6) is 0 Å². The van der Waals surface area contributed by atoms with Gasteiger partial charge in [0.2, 0.25) is 0 Å². The Hall–Kier alpha value is -1.69. The van der Waals surface area contributed by atoms with E-state index in [1.807, 2.05) is 30.0 Å². The lowest BCUT2D eigenvalue weighted by molar-refractivity contribution is 0.0600. The summed E-state index contributed by atoms with van der Waals surface area (Å²) < 4.78 is 0.960. The molecular formula is C15H17BrN4O. The first-order valence-electron chi connectivity index (χ1n) is 7.09. The highest BCUT2D eigenvalue weighted by atomic mass is 79.9. The largest absolute Gasteiger partial charge is 0.328 e. The van der Waals surface area contributed by atoms with Crippen molar-refractivity contribution in [3.8, 4) is 0 Å². The molecule has 1 aromatic carbocycles. The molecule has 0 unspecified atom stereocenters. The fraction of sp³-hybridized carbons (Fsp3) is 0.400. The molecular weight excluding hydrogens is 332 g/mol. The highest BCUT2D eigenvalue weighted by Gasteiger charge is 2.30. The van der Waals surface area contributed by atoms with E-state index in [0.29, 0.717) is 5.56 Å². The van der Waals surface area contributed by atoms with Gasteiger partial charge in [-0.2, -0.15) is 5.10 Å². The minimum Gasteiger partial charge on any atom is -0.328 e. The second-order valence-corrected chi connectivity index (χ2v) is 6.20. The molecule has 6 heteroatoms. The number of amides is 1. The molecule has 1 aromatic heterocycles. The number of hydrogen-bond acceptors (Lipinski definition) is 3. The number of hydrogen-bond donors (Lipinski definition) is 1. The maximum absolute atomic E-state index is 12.8. The molecule has 110 valence electrons. The lowest BCUT2D eigenvalue weighted by Crippen LogP contribution is -2.39. The monoisotopic (exact) mass is 348 g/mol. The van der Waals surface area contributed by atoms with Crippen LogP contribution in [0.3, 0.4) is 0 Å². The molecule has 0 saturated carbocycles. The van der Waals surface area contributed by atoms with Gasteiger partial charge < -0.3 is 4.90 Å². The van der Waals surface area contributed by atoms with Crippen molar-refractivity contribution in [1.82, 2.24) is 20.1 Å². The average molecular weight is 349 g/mol. The third-order valence-electron chi connectivity index (χ3n) is 3.93. The Balaban J connectivity index is 1.89. The van der Waals surface area contributed by atoms with Crippen molar-refractivity contribution < 1.29 is 4.79 Å². The van der Waals surface area contributed by atoms with Gasteiger partial charge in [0, 0.05) is 16.6 Å². The number of aromatic nitrogens is 3. The van der Waals surface area contributed by atoms with E-state index in [0.717, 1.165) is 41.7 Å². The van der Waals surface area contributed by atoms with E-state index in [-0.39, 0.29) is 11.9 Å². The van der Waals surface area contributed by atoms with Crippen LogP contribution in [0.1, 0.15) is 47.1 Å². The molecule has 1 fully saturated rings. The SMILES string of the molecule is Cc1ccc(C(=O)N2CCCC[C@H]2c2ncn[nH]2)cc1Br. The maximum Gasteiger partial charge on any atom is 0.254 e. The van der Waals surface area contributed by atoms with Gasteiger partial charge in [-0.05, 0) is 43.9 Å². The Bertz CT molecular complexity index is 641. The zero-order valence-electron chi connectivity index (χ0n) is 11.8. The first kappa shape index (κ1) is 14.3. The molecule has 3 rings (SSSR count). The number of H-pyrrole nitrogens is 1. The van der Waals surface area contributed by atoms with Gasteiger partial charge in [-0.25, -0.2) is 4.98 Å². The highest BCUT2D eigenvalue weighted by molar-refractivity contribution is 9.10. The molecule has 0 aliphatic carbocycles. The summed E-state index contributed by atoms with van der Waals surface area (Å²) in [6, 6.07) is 5.73. The summed E-state index contributed by atoms with van der Waals surface area (Å²) in [5, 5.41) is 6.81. The lowest BCUT2D eigenvalue weighted by atomic mass is 10.00. The number of rotatable bonds is 2. The van der Waals surface area contributed by atoms with Gasteiger partial charge >= 0.3 is 0 Å². The van der Waals surface area contributed by atoms with Gasteiger partial charge in [-0.1, -0.05) is 22.0 Å². The highest BCUT2D eigenvalue weighted by Crippen LogP contribution is 2.30. The average Bonchev–Trinajstić information content (AvgIpc) is 3.03. The molecule has 1 N–H and O–H groups in total. The van der Waals surface area contributed by atoms with Crippen molar-refractivity contribution in [1.29, 1.82) is 0 Å². The minimum absolute atomic E-state index is 0.00571. The second-order valence-electron chi connectivity index (χ2n) is 5.34. The van der Waals surface area contributed by atoms with Crippen molar-refractivity contribution >= 4 is 21.8 Å². The Labute approximate surface area is 131 Å². The van der Waals surface area contributed by atoms with Crippen molar-refractivity contribution in [2.75, 3.05) is 6.54 Å². The van der Waals surface area contributed by atoms with Crippen LogP contribution >= 0.6 is 15.9 Å². The summed E-state index contributed by atoms with van der Waals surface area (Å²) in [5.74, 6) is 0.825. The summed E-state index contributed by atoms with van der Waals surface area (Å²) in [7, 11) is 0. The predicted octanol–water partition coefficient (Wildman–Crippen LogP) is 3.24. The Morgan fingerprint density at radius 3 is 3.00 bits per heavy atom. The molecule has 1 aliphatic rings. The van der Waals surface area contributed by atoms with Crippen LogP contribution < -0.4 is 0 Å². The van der Waals surface area contributed by atoms with Gasteiger partial charge in [0.1, 0.15) is 12.2 Å². The van der Waals surface area contributed by atoms with Crippen molar-refractivity contribution in [3.05, 3.63) is 46.0 Å². The maximum atomic E-state index is 12.8. The third-order valence-corrected chi connectivity index (χ3v) is 4.79. The Kier molecular flexibility index (Phi) is 4.05. The number of aromatic amines is 1. The predicted molar refractivity (Wildman–Crippen MR) is 82.9 cm³/mol. The number of halogens is 1. The molecule has 0 spiro atoms. The fourth-order valence-electron chi connectivity index (χ4n) is 2.73. The molecule has 0 radical (unpaired) electrons. The van der Waals surface area contributed by atoms with Crippen molar-refractivity contribution in [2.45, 2.75) is 32.2 Å². The topological polar surface area (TPSA) is 61.9 Å². The van der Waals surface area contributed by atoms with Crippen LogP contribution in [0.2, 0.25) is 0 Å². The number of nitrogens with zero attached hydrogens (tertiary/aromatic N) is 3.